The molecule has 1 aromatic carbocycles. The molecular weight excluding hydrogens is 329 g/mol. The van der Waals surface area contributed by atoms with Crippen LogP contribution in [0.25, 0.3) is 0 Å². The second-order valence-corrected chi connectivity index (χ2v) is 6.54. The second-order valence-electron chi connectivity index (χ2n) is 5.50. The predicted molar refractivity (Wildman–Crippen MR) is 89.4 cm³/mol. The average molecular weight is 347 g/mol. The Hall–Kier alpha value is -2.15. The summed E-state index contributed by atoms with van der Waals surface area (Å²) < 4.78 is 18.6. The van der Waals surface area contributed by atoms with E-state index in [1.807, 2.05) is 4.90 Å². The van der Waals surface area contributed by atoms with Gasteiger partial charge in [0.1, 0.15) is 11.9 Å². The average Bonchev–Trinajstić information content (AvgIpc) is 2.62. The van der Waals surface area contributed by atoms with Gasteiger partial charge >= 0.3 is 6.01 Å². The molecule has 126 valence electrons. The number of amides is 1. The third kappa shape index (κ3) is 4.67. The monoisotopic (exact) mass is 347 g/mol. The summed E-state index contributed by atoms with van der Waals surface area (Å²) in [5.41, 5.74) is 0. The van der Waals surface area contributed by atoms with Gasteiger partial charge in [-0.15, -0.1) is 11.8 Å². The normalized spacial score (nSPS) is 17.5. The molecule has 5 nitrogen and oxygen atoms in total. The Morgan fingerprint density at radius 3 is 2.79 bits per heavy atom. The van der Waals surface area contributed by atoms with Crippen molar-refractivity contribution in [2.75, 3.05) is 18.8 Å². The lowest BCUT2D eigenvalue weighted by Gasteiger charge is -2.32. The minimum atomic E-state index is -0.273. The zero-order valence-corrected chi connectivity index (χ0v) is 13.9. The van der Waals surface area contributed by atoms with Crippen LogP contribution in [0, 0.1) is 5.82 Å². The smallest absolute Gasteiger partial charge is 0.316 e. The molecule has 0 saturated carbocycles. The standard InChI is InChI=1S/C17H18FN3O2S/c18-13-4-6-15(7-5-13)24-12-16(22)21-10-1-3-14(11-21)23-17-19-8-2-9-20-17/h2,4-9,14H,1,3,10-12H2/t14-/m0/s1. The van der Waals surface area contributed by atoms with Gasteiger partial charge in [-0.05, 0) is 43.2 Å². The van der Waals surface area contributed by atoms with Crippen molar-refractivity contribution in [1.82, 2.24) is 14.9 Å². The molecule has 2 heterocycles. The molecule has 1 amide bonds. The fraction of sp³-hybridized carbons (Fsp3) is 0.353. The number of piperidine rings is 1. The number of carbonyl (C=O) groups excluding carboxylic acids is 1. The van der Waals surface area contributed by atoms with Crippen molar-refractivity contribution in [3.63, 3.8) is 0 Å². The van der Waals surface area contributed by atoms with Crippen molar-refractivity contribution < 1.29 is 13.9 Å². The number of hydrogen-bond acceptors (Lipinski definition) is 5. The molecule has 0 radical (unpaired) electrons. The van der Waals surface area contributed by atoms with Gasteiger partial charge in [0.2, 0.25) is 5.91 Å². The van der Waals surface area contributed by atoms with Gasteiger partial charge in [0.25, 0.3) is 0 Å². The van der Waals surface area contributed by atoms with Gasteiger partial charge < -0.3 is 9.64 Å². The summed E-state index contributed by atoms with van der Waals surface area (Å²) in [6, 6.07) is 8.24. The van der Waals surface area contributed by atoms with Crippen molar-refractivity contribution in [1.29, 1.82) is 0 Å². The minimum absolute atomic E-state index is 0.0617. The number of rotatable bonds is 5. The number of halogens is 1. The van der Waals surface area contributed by atoms with E-state index in [0.29, 0.717) is 18.3 Å². The fourth-order valence-electron chi connectivity index (χ4n) is 2.52. The molecule has 0 spiro atoms. The number of hydrogen-bond donors (Lipinski definition) is 0. The third-order valence-corrected chi connectivity index (χ3v) is 4.72. The molecule has 1 aliphatic rings. The van der Waals surface area contributed by atoms with Gasteiger partial charge in [-0.1, -0.05) is 0 Å². The Labute approximate surface area is 144 Å². The number of benzene rings is 1. The molecule has 1 aromatic heterocycles. The van der Waals surface area contributed by atoms with Crippen molar-refractivity contribution in [3.05, 3.63) is 48.5 Å². The van der Waals surface area contributed by atoms with Crippen LogP contribution in [0.15, 0.2) is 47.6 Å². The first-order chi connectivity index (χ1) is 11.7. The summed E-state index contributed by atoms with van der Waals surface area (Å²) >= 11 is 1.41. The van der Waals surface area contributed by atoms with Gasteiger partial charge in [-0.25, -0.2) is 14.4 Å². The summed E-state index contributed by atoms with van der Waals surface area (Å²) in [5.74, 6) is 0.122. The Balaban J connectivity index is 1.50. The quantitative estimate of drug-likeness (QED) is 0.779. The van der Waals surface area contributed by atoms with E-state index < -0.39 is 0 Å². The lowest BCUT2D eigenvalue weighted by Crippen LogP contribution is -2.45. The lowest BCUT2D eigenvalue weighted by atomic mass is 10.1. The third-order valence-electron chi connectivity index (χ3n) is 3.72. The zero-order valence-electron chi connectivity index (χ0n) is 13.1. The number of likely N-dealkylation sites (tertiary alicyclic amines) is 1. The highest BCUT2D eigenvalue weighted by Gasteiger charge is 2.25. The van der Waals surface area contributed by atoms with Crippen LogP contribution in [-0.4, -0.2) is 45.7 Å². The predicted octanol–water partition coefficient (Wildman–Crippen LogP) is 2.78. The molecule has 1 atom stereocenters. The Morgan fingerprint density at radius 2 is 2.04 bits per heavy atom. The summed E-state index contributed by atoms with van der Waals surface area (Å²) in [4.78, 5) is 23.2. The Bertz CT molecular complexity index is 669. The SMILES string of the molecule is O=C(CSc1ccc(F)cc1)N1CCC[C@H](Oc2ncccn2)C1. The number of aromatic nitrogens is 2. The molecule has 7 heteroatoms. The van der Waals surface area contributed by atoms with Gasteiger partial charge in [0.05, 0.1) is 12.3 Å². The molecule has 1 fully saturated rings. The maximum absolute atomic E-state index is 12.9. The molecule has 24 heavy (non-hydrogen) atoms. The van der Waals surface area contributed by atoms with Crippen LogP contribution in [0.2, 0.25) is 0 Å². The highest BCUT2D eigenvalue weighted by Crippen LogP contribution is 2.20. The fourth-order valence-corrected chi connectivity index (χ4v) is 3.32. The van der Waals surface area contributed by atoms with E-state index in [1.54, 1.807) is 30.6 Å². The van der Waals surface area contributed by atoms with E-state index in [1.165, 1.54) is 23.9 Å². The topological polar surface area (TPSA) is 55.3 Å². The van der Waals surface area contributed by atoms with Crippen LogP contribution in [0.4, 0.5) is 4.39 Å². The van der Waals surface area contributed by atoms with Crippen LogP contribution < -0.4 is 4.74 Å². The molecule has 3 rings (SSSR count). The first-order valence-corrected chi connectivity index (χ1v) is 8.79. The van der Waals surface area contributed by atoms with Crippen LogP contribution in [-0.2, 0) is 4.79 Å². The van der Waals surface area contributed by atoms with Gasteiger partial charge in [0.15, 0.2) is 0 Å². The highest BCUT2D eigenvalue weighted by atomic mass is 32.2. The summed E-state index contributed by atoms with van der Waals surface area (Å²) in [7, 11) is 0. The first kappa shape index (κ1) is 16.7. The number of nitrogens with zero attached hydrogens (tertiary/aromatic N) is 3. The van der Waals surface area contributed by atoms with Gasteiger partial charge in [-0.3, -0.25) is 4.79 Å². The molecule has 0 N–H and O–H groups in total. The summed E-state index contributed by atoms with van der Waals surface area (Å²) in [6.45, 7) is 1.28. The van der Waals surface area contributed by atoms with Crippen molar-refractivity contribution in [2.24, 2.45) is 0 Å². The largest absolute Gasteiger partial charge is 0.458 e. The molecule has 0 bridgehead atoms. The van der Waals surface area contributed by atoms with Crippen LogP contribution >= 0.6 is 11.8 Å². The number of thioether (sulfide) groups is 1. The number of ether oxygens (including phenoxy) is 1. The maximum Gasteiger partial charge on any atom is 0.316 e. The molecule has 1 saturated heterocycles. The van der Waals surface area contributed by atoms with Crippen LogP contribution in [0.3, 0.4) is 0 Å². The summed E-state index contributed by atoms with van der Waals surface area (Å²) in [5, 5.41) is 0. The van der Waals surface area contributed by atoms with Gasteiger partial charge in [-0.2, -0.15) is 0 Å². The Morgan fingerprint density at radius 1 is 1.29 bits per heavy atom. The molecule has 0 aliphatic carbocycles. The minimum Gasteiger partial charge on any atom is -0.458 e. The lowest BCUT2D eigenvalue weighted by molar-refractivity contribution is -0.131. The molecule has 0 unspecified atom stereocenters. The van der Waals surface area contributed by atoms with E-state index >= 15 is 0 Å². The van der Waals surface area contributed by atoms with Crippen LogP contribution in [0.1, 0.15) is 12.8 Å². The van der Waals surface area contributed by atoms with Crippen molar-refractivity contribution in [2.45, 2.75) is 23.8 Å². The molecule has 2 aromatic rings. The second kappa shape index (κ2) is 8.10. The summed E-state index contributed by atoms with van der Waals surface area (Å²) in [6.07, 6.45) is 4.96. The maximum atomic E-state index is 12.9. The van der Waals surface area contributed by atoms with E-state index in [9.17, 15) is 9.18 Å². The Kier molecular flexibility index (Phi) is 5.63. The first-order valence-electron chi connectivity index (χ1n) is 7.80. The number of carbonyl (C=O) groups is 1. The van der Waals surface area contributed by atoms with Crippen molar-refractivity contribution >= 4 is 17.7 Å². The van der Waals surface area contributed by atoms with Gasteiger partial charge in [0, 0.05) is 23.8 Å². The van der Waals surface area contributed by atoms with E-state index in [2.05, 4.69) is 9.97 Å². The van der Waals surface area contributed by atoms with E-state index in [0.717, 1.165) is 24.3 Å². The zero-order chi connectivity index (χ0) is 16.8. The van der Waals surface area contributed by atoms with E-state index in [4.69, 9.17) is 4.74 Å². The van der Waals surface area contributed by atoms with Crippen molar-refractivity contribution in [3.8, 4) is 6.01 Å². The molecule has 1 aliphatic heterocycles. The molecular formula is C17H18FN3O2S. The van der Waals surface area contributed by atoms with Crippen LogP contribution in [0.5, 0.6) is 6.01 Å². The highest BCUT2D eigenvalue weighted by molar-refractivity contribution is 8.00. The van der Waals surface area contributed by atoms with E-state index in [-0.39, 0.29) is 17.8 Å².